The number of aromatic hydroxyl groups is 1. The van der Waals surface area contributed by atoms with Crippen LogP contribution in [0.5, 0.6) is 11.5 Å². The molecule has 1 amide bonds. The Labute approximate surface area is 187 Å². The van der Waals surface area contributed by atoms with Gasteiger partial charge in [0.2, 0.25) is 5.91 Å². The number of amides is 1. The second kappa shape index (κ2) is 11.3. The van der Waals surface area contributed by atoms with Gasteiger partial charge in [-0.05, 0) is 37.3 Å². The number of rotatable bonds is 10. The van der Waals surface area contributed by atoms with Crippen molar-refractivity contribution in [3.63, 3.8) is 0 Å². The lowest BCUT2D eigenvalue weighted by Gasteiger charge is -2.36. The van der Waals surface area contributed by atoms with Crippen molar-refractivity contribution in [2.24, 2.45) is 11.0 Å². The number of hydrogen-bond donors (Lipinski definition) is 3. The second-order valence-electron chi connectivity index (χ2n) is 8.66. The predicted molar refractivity (Wildman–Crippen MR) is 117 cm³/mol. The molecule has 2 heterocycles. The first kappa shape index (κ1) is 24.0. The van der Waals surface area contributed by atoms with Gasteiger partial charge >= 0.3 is 0 Å². The van der Waals surface area contributed by atoms with E-state index in [1.807, 2.05) is 13.8 Å². The number of hydrazone groups is 1. The number of fused-ring (bicyclic) bond motifs is 1. The number of aliphatic hydroxyl groups is 1. The van der Waals surface area contributed by atoms with Crippen LogP contribution in [0, 0.1) is 5.92 Å². The largest absolute Gasteiger partial charge is 0.506 e. The molecule has 0 radical (unpaired) electrons. The maximum Gasteiger partial charge on any atom is 0.260 e. The number of likely N-dealkylation sites (tertiary alicyclic amines) is 1. The van der Waals surface area contributed by atoms with Gasteiger partial charge < -0.3 is 25.2 Å². The van der Waals surface area contributed by atoms with Gasteiger partial charge in [-0.25, -0.2) is 4.79 Å². The van der Waals surface area contributed by atoms with Crippen LogP contribution in [-0.2, 0) is 20.8 Å². The van der Waals surface area contributed by atoms with Crippen LogP contribution in [0.25, 0.3) is 0 Å². The number of ether oxygens (including phenoxy) is 1. The van der Waals surface area contributed by atoms with Crippen LogP contribution in [0.15, 0.2) is 17.2 Å². The molecule has 32 heavy (non-hydrogen) atoms. The van der Waals surface area contributed by atoms with Gasteiger partial charge in [0.15, 0.2) is 0 Å². The van der Waals surface area contributed by atoms with E-state index in [1.165, 1.54) is 11.2 Å². The topological polar surface area (TPSA) is 124 Å². The molecule has 3 N–H and O–H groups in total. The lowest BCUT2D eigenvalue weighted by atomic mass is 10.0. The second-order valence-corrected chi connectivity index (χ2v) is 8.66. The predicted octanol–water partition coefficient (Wildman–Crippen LogP) is 1.62. The van der Waals surface area contributed by atoms with E-state index in [9.17, 15) is 19.8 Å². The van der Waals surface area contributed by atoms with Crippen LogP contribution in [0.4, 0.5) is 5.69 Å². The fraction of sp³-hybridized carbons (Fsp3) is 0.636. The first-order valence-corrected chi connectivity index (χ1v) is 11.0. The number of phenolic OH excluding ortho intramolecular Hbond substituents is 1. The van der Waals surface area contributed by atoms with E-state index in [1.54, 1.807) is 12.1 Å². The average Bonchev–Trinajstić information content (AvgIpc) is 2.77. The number of hydrogen-bond acceptors (Lipinski definition) is 9. The van der Waals surface area contributed by atoms with Crippen molar-refractivity contribution in [1.29, 1.82) is 0 Å². The molecule has 10 nitrogen and oxygen atoms in total. The molecule has 1 unspecified atom stereocenters. The molecule has 1 saturated heterocycles. The molecule has 2 aliphatic heterocycles. The summed E-state index contributed by atoms with van der Waals surface area (Å²) in [4.78, 5) is 30.1. The summed E-state index contributed by atoms with van der Waals surface area (Å²) in [5.74, 6) is 0.750. The van der Waals surface area contributed by atoms with Crippen molar-refractivity contribution >= 4 is 17.7 Å². The Morgan fingerprint density at radius 3 is 2.72 bits per heavy atom. The molecule has 1 aromatic rings. The van der Waals surface area contributed by atoms with Crippen LogP contribution in [-0.4, -0.2) is 77.3 Å². The Hall–Kier alpha value is -2.65. The molecule has 1 fully saturated rings. The van der Waals surface area contributed by atoms with Crippen molar-refractivity contribution < 1.29 is 29.4 Å². The number of anilines is 1. The van der Waals surface area contributed by atoms with E-state index in [4.69, 9.17) is 9.57 Å². The van der Waals surface area contributed by atoms with Crippen molar-refractivity contribution in [2.45, 2.75) is 51.7 Å². The first-order chi connectivity index (χ1) is 15.4. The lowest BCUT2D eigenvalue weighted by molar-refractivity contribution is -0.201. The summed E-state index contributed by atoms with van der Waals surface area (Å²) in [6, 6.07) is 3.13. The maximum absolute atomic E-state index is 11.6. The smallest absolute Gasteiger partial charge is 0.260 e. The number of isocyanates is 1. The Bertz CT molecular complexity index is 834. The zero-order valence-corrected chi connectivity index (χ0v) is 18.6. The minimum absolute atomic E-state index is 0.00132. The summed E-state index contributed by atoms with van der Waals surface area (Å²) in [5, 5.41) is 28.2. The van der Waals surface area contributed by atoms with Crippen molar-refractivity contribution in [3.05, 3.63) is 17.7 Å². The number of benzene rings is 1. The lowest BCUT2D eigenvalue weighted by Crippen LogP contribution is -2.46. The van der Waals surface area contributed by atoms with Gasteiger partial charge in [0.25, 0.3) is 6.08 Å². The highest BCUT2D eigenvalue weighted by Gasteiger charge is 2.27. The number of β-amino-alcohol motifs (C(OH)–C–C–N with tert-alkyl or cyclic N) is 1. The monoisotopic (exact) mass is 448 g/mol. The highest BCUT2D eigenvalue weighted by atomic mass is 16.7. The fourth-order valence-electron chi connectivity index (χ4n) is 3.92. The maximum atomic E-state index is 11.6. The third-order valence-corrected chi connectivity index (χ3v) is 5.56. The van der Waals surface area contributed by atoms with Crippen LogP contribution in [0.1, 0.15) is 38.7 Å². The zero-order valence-electron chi connectivity index (χ0n) is 18.6. The third-order valence-electron chi connectivity index (χ3n) is 5.56. The highest BCUT2D eigenvalue weighted by molar-refractivity contribution is 5.96. The number of aliphatic hydroxyl groups excluding tert-OH is 1. The van der Waals surface area contributed by atoms with E-state index in [0.29, 0.717) is 43.3 Å². The summed E-state index contributed by atoms with van der Waals surface area (Å²) >= 11 is 0. The molecular formula is C22H32N4O6. The number of nitrogens with one attached hydrogen (secondary N) is 1. The third kappa shape index (κ3) is 6.43. The Balaban J connectivity index is 1.47. The molecule has 176 valence electrons. The SMILES string of the molecule is CC(C)CON(N=C=O)C1CCN(CC(O)COc2ccc(O)c3c2CCC(=O)N3)CC1. The van der Waals surface area contributed by atoms with Crippen molar-refractivity contribution in [3.8, 4) is 11.5 Å². The highest BCUT2D eigenvalue weighted by Crippen LogP contribution is 2.38. The fourth-order valence-corrected chi connectivity index (χ4v) is 3.92. The van der Waals surface area contributed by atoms with Gasteiger partial charge in [-0.1, -0.05) is 18.9 Å². The van der Waals surface area contributed by atoms with Gasteiger partial charge in [0.1, 0.15) is 24.2 Å². The molecular weight excluding hydrogens is 416 g/mol. The average molecular weight is 449 g/mol. The minimum atomic E-state index is -0.699. The van der Waals surface area contributed by atoms with E-state index >= 15 is 0 Å². The van der Waals surface area contributed by atoms with Crippen LogP contribution in [0.2, 0.25) is 0 Å². The van der Waals surface area contributed by atoms with Crippen LogP contribution < -0.4 is 10.1 Å². The number of carbonyl (C=O) groups is 1. The Morgan fingerprint density at radius 1 is 1.28 bits per heavy atom. The first-order valence-electron chi connectivity index (χ1n) is 11.0. The van der Waals surface area contributed by atoms with E-state index < -0.39 is 6.10 Å². The summed E-state index contributed by atoms with van der Waals surface area (Å²) in [7, 11) is 0. The molecule has 3 rings (SSSR count). The number of nitrogens with zero attached hydrogens (tertiary/aromatic N) is 3. The van der Waals surface area contributed by atoms with Crippen LogP contribution >= 0.6 is 0 Å². The Kier molecular flexibility index (Phi) is 8.46. The molecule has 2 aliphatic rings. The van der Waals surface area contributed by atoms with Crippen molar-refractivity contribution in [1.82, 2.24) is 10.1 Å². The summed E-state index contributed by atoms with van der Waals surface area (Å²) in [6.45, 7) is 6.55. The van der Waals surface area contributed by atoms with E-state index in [0.717, 1.165) is 31.5 Å². The number of carbonyl (C=O) groups excluding carboxylic acids is 2. The Morgan fingerprint density at radius 2 is 2.03 bits per heavy atom. The quantitative estimate of drug-likeness (QED) is 0.214. The van der Waals surface area contributed by atoms with Gasteiger partial charge in [-0.2, -0.15) is 5.17 Å². The molecule has 0 saturated carbocycles. The molecule has 0 bridgehead atoms. The zero-order chi connectivity index (χ0) is 23.1. The van der Waals surface area contributed by atoms with E-state index in [-0.39, 0.29) is 24.3 Å². The normalized spacial score (nSPS) is 17.9. The minimum Gasteiger partial charge on any atom is -0.506 e. The summed E-state index contributed by atoms with van der Waals surface area (Å²) in [5.41, 5.74) is 1.13. The van der Waals surface area contributed by atoms with Gasteiger partial charge in [-0.15, -0.1) is 0 Å². The molecule has 0 aromatic heterocycles. The molecule has 0 aliphatic carbocycles. The molecule has 1 aromatic carbocycles. The summed E-state index contributed by atoms with van der Waals surface area (Å²) < 4.78 is 5.82. The number of hydroxylamine groups is 1. The van der Waals surface area contributed by atoms with Crippen molar-refractivity contribution in [2.75, 3.05) is 38.2 Å². The number of phenols is 1. The van der Waals surface area contributed by atoms with Gasteiger partial charge in [-0.3, -0.25) is 9.63 Å². The molecule has 0 spiro atoms. The standard InChI is InChI=1S/C22H32N4O6/c1-15(2)12-32-26(23-14-27)16-7-9-25(10-8-16)11-17(28)13-31-20-5-4-19(29)22-18(20)3-6-21(30)24-22/h4-5,15-17,28-29H,3,6-13H2,1-2H3,(H,24,30). The van der Waals surface area contributed by atoms with E-state index in [2.05, 4.69) is 15.3 Å². The number of piperidine rings is 1. The molecule has 10 heteroatoms. The van der Waals surface area contributed by atoms with Gasteiger partial charge in [0, 0.05) is 31.6 Å². The van der Waals surface area contributed by atoms with Crippen LogP contribution in [0.3, 0.4) is 0 Å². The van der Waals surface area contributed by atoms with Gasteiger partial charge in [0.05, 0.1) is 18.3 Å². The summed E-state index contributed by atoms with van der Waals surface area (Å²) in [6.07, 6.45) is 3.17. The molecule has 1 atom stereocenters.